The number of aromatic nitrogens is 6. The Morgan fingerprint density at radius 1 is 1.21 bits per heavy atom. The average Bonchev–Trinajstić information content (AvgIpc) is 2.94. The molecule has 0 atom stereocenters. The summed E-state index contributed by atoms with van der Waals surface area (Å²) in [5.41, 5.74) is 1.54. The Morgan fingerprint density at radius 3 is 2.68 bits per heavy atom. The first-order valence-corrected chi connectivity index (χ1v) is 5.66. The second-order valence-corrected chi connectivity index (χ2v) is 3.98. The molecule has 0 radical (unpaired) electrons. The summed E-state index contributed by atoms with van der Waals surface area (Å²) in [4.78, 5) is 11.9. The fraction of sp³-hybridized carbons (Fsp3) is 0.0833. The van der Waals surface area contributed by atoms with Crippen molar-refractivity contribution < 1.29 is 0 Å². The van der Waals surface area contributed by atoms with Crippen molar-refractivity contribution in [1.82, 2.24) is 30.4 Å². The maximum absolute atomic E-state index is 11.9. The van der Waals surface area contributed by atoms with Gasteiger partial charge in [-0.2, -0.15) is 10.3 Å². The molecule has 0 saturated heterocycles. The Labute approximate surface area is 107 Å². The summed E-state index contributed by atoms with van der Waals surface area (Å²) in [7, 11) is 0. The van der Waals surface area contributed by atoms with Gasteiger partial charge < -0.3 is 0 Å². The van der Waals surface area contributed by atoms with E-state index in [4.69, 9.17) is 0 Å². The molecule has 0 amide bonds. The van der Waals surface area contributed by atoms with E-state index in [-0.39, 0.29) is 16.9 Å². The Hall–Kier alpha value is -2.83. The standard InChI is InChI=1S/C12H10N6O/c1-8-7-10(19)11(12-13-16-17-14-12)15-18(8)9-5-3-2-4-6-9/h2-7H,1H3,(H,13,14,16,17). The highest BCUT2D eigenvalue weighted by Crippen LogP contribution is 2.10. The Bertz CT molecular complexity index is 748. The van der Waals surface area contributed by atoms with Gasteiger partial charge in [-0.25, -0.2) is 4.68 Å². The predicted molar refractivity (Wildman–Crippen MR) is 67.7 cm³/mol. The molecule has 0 spiro atoms. The van der Waals surface area contributed by atoms with Gasteiger partial charge in [0.25, 0.3) is 0 Å². The monoisotopic (exact) mass is 254 g/mol. The van der Waals surface area contributed by atoms with Gasteiger partial charge in [-0.15, -0.1) is 10.2 Å². The smallest absolute Gasteiger partial charge is 0.228 e. The van der Waals surface area contributed by atoms with Crippen molar-refractivity contribution in [3.63, 3.8) is 0 Å². The third kappa shape index (κ3) is 2.01. The van der Waals surface area contributed by atoms with Gasteiger partial charge in [-0.1, -0.05) is 18.2 Å². The minimum atomic E-state index is -0.230. The zero-order chi connectivity index (χ0) is 13.2. The number of benzene rings is 1. The molecule has 2 aromatic heterocycles. The molecule has 7 heteroatoms. The lowest BCUT2D eigenvalue weighted by Gasteiger charge is -2.09. The van der Waals surface area contributed by atoms with Crippen LogP contribution in [0.5, 0.6) is 0 Å². The van der Waals surface area contributed by atoms with Crippen molar-refractivity contribution in [3.05, 3.63) is 52.3 Å². The van der Waals surface area contributed by atoms with Crippen LogP contribution in [0.3, 0.4) is 0 Å². The first-order valence-electron chi connectivity index (χ1n) is 5.66. The number of aromatic amines is 1. The second kappa shape index (κ2) is 4.45. The first kappa shape index (κ1) is 11.3. The predicted octanol–water partition coefficient (Wildman–Crippen LogP) is 0.721. The molecule has 19 heavy (non-hydrogen) atoms. The maximum Gasteiger partial charge on any atom is 0.228 e. The molecule has 3 aromatic rings. The van der Waals surface area contributed by atoms with E-state index < -0.39 is 0 Å². The van der Waals surface area contributed by atoms with E-state index >= 15 is 0 Å². The van der Waals surface area contributed by atoms with Gasteiger partial charge in [-0.05, 0) is 24.3 Å². The molecular weight excluding hydrogens is 244 g/mol. The average molecular weight is 254 g/mol. The van der Waals surface area contributed by atoms with Gasteiger partial charge in [0, 0.05) is 11.8 Å². The highest BCUT2D eigenvalue weighted by Gasteiger charge is 2.12. The van der Waals surface area contributed by atoms with Crippen LogP contribution >= 0.6 is 0 Å². The molecule has 1 aromatic carbocycles. The number of aryl methyl sites for hydroxylation is 1. The fourth-order valence-corrected chi connectivity index (χ4v) is 1.79. The molecule has 0 saturated carbocycles. The summed E-state index contributed by atoms with van der Waals surface area (Å²) in [5, 5.41) is 17.6. The lowest BCUT2D eigenvalue weighted by atomic mass is 10.3. The Morgan fingerprint density at radius 2 is 2.00 bits per heavy atom. The number of para-hydroxylation sites is 1. The number of rotatable bonds is 2. The summed E-state index contributed by atoms with van der Waals surface area (Å²) < 4.78 is 1.67. The Balaban J connectivity index is 2.22. The van der Waals surface area contributed by atoms with E-state index in [9.17, 15) is 4.79 Å². The van der Waals surface area contributed by atoms with Crippen LogP contribution in [0.1, 0.15) is 5.69 Å². The molecule has 0 unspecified atom stereocenters. The molecule has 7 nitrogen and oxygen atoms in total. The van der Waals surface area contributed by atoms with Crippen LogP contribution in [0.15, 0.2) is 41.2 Å². The minimum absolute atomic E-state index is 0.170. The van der Waals surface area contributed by atoms with Crippen LogP contribution in [0, 0.1) is 6.92 Å². The first-order chi connectivity index (χ1) is 9.25. The number of hydrogen-bond acceptors (Lipinski definition) is 5. The minimum Gasteiger partial charge on any atom is -0.287 e. The van der Waals surface area contributed by atoms with Crippen LogP contribution in [0.2, 0.25) is 0 Å². The van der Waals surface area contributed by atoms with E-state index in [2.05, 4.69) is 25.7 Å². The third-order valence-corrected chi connectivity index (χ3v) is 2.67. The van der Waals surface area contributed by atoms with Gasteiger partial charge in [0.05, 0.1) is 5.69 Å². The van der Waals surface area contributed by atoms with Gasteiger partial charge in [0.15, 0.2) is 5.69 Å². The zero-order valence-electron chi connectivity index (χ0n) is 10.1. The van der Waals surface area contributed by atoms with Crippen molar-refractivity contribution in [3.8, 4) is 17.2 Å². The van der Waals surface area contributed by atoms with E-state index in [0.29, 0.717) is 0 Å². The summed E-state index contributed by atoms with van der Waals surface area (Å²) in [6, 6.07) is 11.0. The molecule has 0 fully saturated rings. The third-order valence-electron chi connectivity index (χ3n) is 2.67. The topological polar surface area (TPSA) is 89.3 Å². The van der Waals surface area contributed by atoms with Crippen LogP contribution in [0.4, 0.5) is 0 Å². The number of nitrogens with zero attached hydrogens (tertiary/aromatic N) is 5. The van der Waals surface area contributed by atoms with E-state index in [0.717, 1.165) is 11.4 Å². The quantitative estimate of drug-likeness (QED) is 0.727. The van der Waals surface area contributed by atoms with Crippen molar-refractivity contribution in [2.24, 2.45) is 0 Å². The highest BCUT2D eigenvalue weighted by molar-refractivity contribution is 5.47. The molecule has 94 valence electrons. The maximum atomic E-state index is 11.9. The normalized spacial score (nSPS) is 10.6. The van der Waals surface area contributed by atoms with Crippen LogP contribution in [-0.4, -0.2) is 30.4 Å². The highest BCUT2D eigenvalue weighted by atomic mass is 16.1. The van der Waals surface area contributed by atoms with Crippen LogP contribution < -0.4 is 5.43 Å². The van der Waals surface area contributed by atoms with E-state index in [1.165, 1.54) is 6.07 Å². The molecule has 0 aliphatic heterocycles. The zero-order valence-corrected chi connectivity index (χ0v) is 10.1. The van der Waals surface area contributed by atoms with Gasteiger partial charge in [-0.3, -0.25) is 4.79 Å². The van der Waals surface area contributed by atoms with Gasteiger partial charge in [0.1, 0.15) is 0 Å². The molecule has 0 aliphatic carbocycles. The number of tetrazole rings is 1. The number of H-pyrrole nitrogens is 1. The van der Waals surface area contributed by atoms with Crippen molar-refractivity contribution in [1.29, 1.82) is 0 Å². The molecule has 2 heterocycles. The SMILES string of the molecule is Cc1cc(=O)c(-c2nn[nH]n2)nn1-c1ccccc1. The lowest BCUT2D eigenvalue weighted by Crippen LogP contribution is -2.16. The number of hydrogen-bond donors (Lipinski definition) is 1. The fourth-order valence-electron chi connectivity index (χ4n) is 1.79. The molecule has 0 aliphatic rings. The van der Waals surface area contributed by atoms with Crippen molar-refractivity contribution in [2.45, 2.75) is 6.92 Å². The lowest BCUT2D eigenvalue weighted by molar-refractivity contribution is 0.800. The molecule has 0 bridgehead atoms. The van der Waals surface area contributed by atoms with Crippen molar-refractivity contribution in [2.75, 3.05) is 0 Å². The van der Waals surface area contributed by atoms with E-state index in [1.807, 2.05) is 37.3 Å². The summed E-state index contributed by atoms with van der Waals surface area (Å²) >= 11 is 0. The van der Waals surface area contributed by atoms with Crippen LogP contribution in [-0.2, 0) is 0 Å². The molecular formula is C12H10N6O. The second-order valence-electron chi connectivity index (χ2n) is 3.98. The van der Waals surface area contributed by atoms with Crippen LogP contribution in [0.25, 0.3) is 17.2 Å². The summed E-state index contributed by atoms with van der Waals surface area (Å²) in [6.45, 7) is 1.82. The molecule has 1 N–H and O–H groups in total. The van der Waals surface area contributed by atoms with Crippen molar-refractivity contribution >= 4 is 0 Å². The summed E-state index contributed by atoms with van der Waals surface area (Å²) in [6.07, 6.45) is 0. The largest absolute Gasteiger partial charge is 0.287 e. The van der Waals surface area contributed by atoms with Gasteiger partial charge in [0.2, 0.25) is 11.3 Å². The summed E-state index contributed by atoms with van der Waals surface area (Å²) in [5.74, 6) is 0.190. The van der Waals surface area contributed by atoms with E-state index in [1.54, 1.807) is 4.68 Å². The Kier molecular flexibility index (Phi) is 2.64. The molecule has 3 rings (SSSR count). The number of nitrogens with one attached hydrogen (secondary N) is 1. The van der Waals surface area contributed by atoms with Gasteiger partial charge >= 0.3 is 0 Å².